The summed E-state index contributed by atoms with van der Waals surface area (Å²) in [5, 5.41) is 5.00. The van der Waals surface area contributed by atoms with E-state index in [4.69, 9.17) is 4.74 Å². The van der Waals surface area contributed by atoms with Gasteiger partial charge in [-0.3, -0.25) is 0 Å². The maximum absolute atomic E-state index is 5.41. The highest BCUT2D eigenvalue weighted by atomic mass is 32.1. The molecule has 0 bridgehead atoms. The Labute approximate surface area is 118 Å². The molecule has 2 unspecified atom stereocenters. The van der Waals surface area contributed by atoms with Gasteiger partial charge in [-0.1, -0.05) is 18.2 Å². The topological polar surface area (TPSA) is 21.3 Å². The maximum Gasteiger partial charge on any atom is 0.0495 e. The van der Waals surface area contributed by atoms with Gasteiger partial charge in [0.15, 0.2) is 0 Å². The Balaban J connectivity index is 1.55. The first-order chi connectivity index (χ1) is 9.33. The van der Waals surface area contributed by atoms with Crippen LogP contribution in [0.25, 0.3) is 10.1 Å². The minimum absolute atomic E-state index is 0.444. The number of nitrogens with one attached hydrogen (secondary N) is 1. The molecular formula is C16H21NOS. The molecular weight excluding hydrogens is 254 g/mol. The lowest BCUT2D eigenvalue weighted by molar-refractivity contribution is 0.184. The van der Waals surface area contributed by atoms with Crippen LogP contribution in [-0.2, 0) is 4.74 Å². The van der Waals surface area contributed by atoms with Crippen LogP contribution >= 0.6 is 11.3 Å². The Kier molecular flexibility index (Phi) is 4.16. The first-order valence-electron chi connectivity index (χ1n) is 7.12. The van der Waals surface area contributed by atoms with Gasteiger partial charge >= 0.3 is 0 Å². The van der Waals surface area contributed by atoms with E-state index in [1.54, 1.807) is 0 Å². The van der Waals surface area contributed by atoms with E-state index in [0.717, 1.165) is 25.7 Å². The minimum atomic E-state index is 0.444. The highest BCUT2D eigenvalue weighted by molar-refractivity contribution is 7.19. The standard InChI is InChI=1S/C16H21NOS/c1-12(17-8-6-13-7-9-18-11-13)16-10-14-4-2-3-5-15(14)19-16/h2-5,10,12-13,17H,6-9,11H2,1H3. The second kappa shape index (κ2) is 6.04. The number of fused-ring (bicyclic) bond motifs is 1. The molecule has 2 nitrogen and oxygen atoms in total. The van der Waals surface area contributed by atoms with Crippen molar-refractivity contribution in [2.75, 3.05) is 19.8 Å². The predicted octanol–water partition coefficient (Wildman–Crippen LogP) is 3.98. The Morgan fingerprint density at radius 3 is 3.11 bits per heavy atom. The highest BCUT2D eigenvalue weighted by Gasteiger charge is 2.16. The molecule has 102 valence electrons. The van der Waals surface area contributed by atoms with Crippen molar-refractivity contribution in [1.82, 2.24) is 5.32 Å². The first-order valence-corrected chi connectivity index (χ1v) is 7.94. The van der Waals surface area contributed by atoms with E-state index < -0.39 is 0 Å². The smallest absolute Gasteiger partial charge is 0.0495 e. The lowest BCUT2D eigenvalue weighted by atomic mass is 10.1. The second-order valence-corrected chi connectivity index (χ2v) is 6.50. The summed E-state index contributed by atoms with van der Waals surface area (Å²) in [5.74, 6) is 0.766. The molecule has 1 aromatic carbocycles. The van der Waals surface area contributed by atoms with Crippen LogP contribution in [0.15, 0.2) is 30.3 Å². The van der Waals surface area contributed by atoms with Crippen molar-refractivity contribution < 1.29 is 4.74 Å². The van der Waals surface area contributed by atoms with E-state index in [1.165, 1.54) is 27.8 Å². The molecule has 3 rings (SSSR count). The number of hydrogen-bond acceptors (Lipinski definition) is 3. The molecule has 1 aliphatic rings. The van der Waals surface area contributed by atoms with Crippen molar-refractivity contribution in [2.45, 2.75) is 25.8 Å². The third kappa shape index (κ3) is 3.16. The van der Waals surface area contributed by atoms with Gasteiger partial charge in [-0.15, -0.1) is 11.3 Å². The molecule has 3 heteroatoms. The normalized spacial score (nSPS) is 21.0. The van der Waals surface area contributed by atoms with E-state index in [2.05, 4.69) is 42.6 Å². The number of thiophene rings is 1. The van der Waals surface area contributed by atoms with Crippen LogP contribution in [0.1, 0.15) is 30.7 Å². The van der Waals surface area contributed by atoms with Crippen molar-refractivity contribution in [1.29, 1.82) is 0 Å². The summed E-state index contributed by atoms with van der Waals surface area (Å²) in [5.41, 5.74) is 0. The maximum atomic E-state index is 5.41. The molecule has 0 aliphatic carbocycles. The summed E-state index contributed by atoms with van der Waals surface area (Å²) in [6.45, 7) is 5.26. The molecule has 0 spiro atoms. The molecule has 0 amide bonds. The van der Waals surface area contributed by atoms with Gasteiger partial charge in [0, 0.05) is 28.8 Å². The molecule has 1 saturated heterocycles. The third-order valence-corrected chi connectivity index (χ3v) is 5.20. The fourth-order valence-electron chi connectivity index (χ4n) is 2.63. The summed E-state index contributed by atoms with van der Waals surface area (Å²) < 4.78 is 6.80. The van der Waals surface area contributed by atoms with E-state index in [-0.39, 0.29) is 0 Å². The van der Waals surface area contributed by atoms with Gasteiger partial charge in [0.2, 0.25) is 0 Å². The molecule has 2 aromatic rings. The van der Waals surface area contributed by atoms with Crippen molar-refractivity contribution in [2.24, 2.45) is 5.92 Å². The summed E-state index contributed by atoms with van der Waals surface area (Å²) >= 11 is 1.90. The van der Waals surface area contributed by atoms with E-state index in [0.29, 0.717) is 6.04 Å². The summed E-state index contributed by atoms with van der Waals surface area (Å²) in [6, 6.07) is 11.4. The van der Waals surface area contributed by atoms with Gasteiger partial charge < -0.3 is 10.1 Å². The molecule has 1 aromatic heterocycles. The van der Waals surface area contributed by atoms with Crippen molar-refractivity contribution >= 4 is 21.4 Å². The van der Waals surface area contributed by atoms with E-state index in [9.17, 15) is 0 Å². The van der Waals surface area contributed by atoms with Crippen LogP contribution in [0, 0.1) is 5.92 Å². The molecule has 19 heavy (non-hydrogen) atoms. The zero-order valence-electron chi connectivity index (χ0n) is 11.4. The van der Waals surface area contributed by atoms with Gasteiger partial charge in [0.05, 0.1) is 0 Å². The van der Waals surface area contributed by atoms with Crippen molar-refractivity contribution in [3.05, 3.63) is 35.2 Å². The quantitative estimate of drug-likeness (QED) is 0.891. The van der Waals surface area contributed by atoms with Crippen LogP contribution < -0.4 is 5.32 Å². The molecule has 1 aliphatic heterocycles. The van der Waals surface area contributed by atoms with Crippen molar-refractivity contribution in [3.63, 3.8) is 0 Å². The number of rotatable bonds is 5. The number of ether oxygens (including phenoxy) is 1. The average molecular weight is 275 g/mol. The fraction of sp³-hybridized carbons (Fsp3) is 0.500. The number of benzene rings is 1. The zero-order chi connectivity index (χ0) is 13.1. The summed E-state index contributed by atoms with van der Waals surface area (Å²) in [4.78, 5) is 1.43. The minimum Gasteiger partial charge on any atom is -0.381 e. The molecule has 1 fully saturated rings. The van der Waals surface area contributed by atoms with Gasteiger partial charge in [-0.2, -0.15) is 0 Å². The highest BCUT2D eigenvalue weighted by Crippen LogP contribution is 2.29. The van der Waals surface area contributed by atoms with E-state index >= 15 is 0 Å². The largest absolute Gasteiger partial charge is 0.381 e. The molecule has 2 atom stereocenters. The van der Waals surface area contributed by atoms with Gasteiger partial charge in [-0.25, -0.2) is 0 Å². The fourth-order valence-corrected chi connectivity index (χ4v) is 3.72. The molecule has 2 heterocycles. The predicted molar refractivity (Wildman–Crippen MR) is 81.8 cm³/mol. The molecule has 0 saturated carbocycles. The van der Waals surface area contributed by atoms with E-state index in [1.807, 2.05) is 11.3 Å². The Bertz CT molecular complexity index is 497. The second-order valence-electron chi connectivity index (χ2n) is 5.38. The Morgan fingerprint density at radius 2 is 2.32 bits per heavy atom. The third-order valence-electron chi connectivity index (χ3n) is 3.90. The Morgan fingerprint density at radius 1 is 1.42 bits per heavy atom. The SMILES string of the molecule is CC(NCCC1CCOC1)c1cc2ccccc2s1. The van der Waals surface area contributed by atoms with Crippen LogP contribution in [0.3, 0.4) is 0 Å². The van der Waals surface area contributed by atoms with Crippen molar-refractivity contribution in [3.8, 4) is 0 Å². The zero-order valence-corrected chi connectivity index (χ0v) is 12.2. The Hall–Kier alpha value is -0.900. The van der Waals surface area contributed by atoms with Gasteiger partial charge in [0.1, 0.15) is 0 Å². The van der Waals surface area contributed by atoms with Crippen LogP contribution in [0.4, 0.5) is 0 Å². The van der Waals surface area contributed by atoms with Gasteiger partial charge in [-0.05, 0) is 49.7 Å². The molecule has 0 radical (unpaired) electrons. The number of hydrogen-bond donors (Lipinski definition) is 1. The lowest BCUT2D eigenvalue weighted by Gasteiger charge is -2.13. The van der Waals surface area contributed by atoms with Crippen LogP contribution in [-0.4, -0.2) is 19.8 Å². The average Bonchev–Trinajstić information content (AvgIpc) is 3.07. The van der Waals surface area contributed by atoms with Crippen LogP contribution in [0.2, 0.25) is 0 Å². The summed E-state index contributed by atoms with van der Waals surface area (Å²) in [6.07, 6.45) is 2.47. The monoisotopic (exact) mass is 275 g/mol. The first kappa shape index (κ1) is 13.1. The van der Waals surface area contributed by atoms with Gasteiger partial charge in [0.25, 0.3) is 0 Å². The molecule has 1 N–H and O–H groups in total. The van der Waals surface area contributed by atoms with Crippen LogP contribution in [0.5, 0.6) is 0 Å². The summed E-state index contributed by atoms with van der Waals surface area (Å²) in [7, 11) is 0. The lowest BCUT2D eigenvalue weighted by Crippen LogP contribution is -2.21.